The predicted molar refractivity (Wildman–Crippen MR) is 103 cm³/mol. The summed E-state index contributed by atoms with van der Waals surface area (Å²) in [5.74, 6) is 0.400. The van der Waals surface area contributed by atoms with Crippen LogP contribution in [0.2, 0.25) is 0 Å². The Balaban J connectivity index is 1.64. The Morgan fingerprint density at radius 3 is 2.43 bits per heavy atom. The van der Waals surface area contributed by atoms with Crippen LogP contribution in [0.4, 0.5) is 15.0 Å². The highest BCUT2D eigenvalue weighted by atomic mass is 19.1. The number of benzene rings is 1. The van der Waals surface area contributed by atoms with Gasteiger partial charge in [-0.2, -0.15) is 5.10 Å². The molecule has 1 saturated heterocycles. The summed E-state index contributed by atoms with van der Waals surface area (Å²) >= 11 is 0. The molecule has 3 aromatic rings. The number of rotatable bonds is 4. The number of aromatic nitrogens is 3. The fourth-order valence-corrected chi connectivity index (χ4v) is 3.48. The van der Waals surface area contributed by atoms with E-state index in [1.54, 1.807) is 24.5 Å². The van der Waals surface area contributed by atoms with E-state index in [2.05, 4.69) is 20.5 Å². The zero-order valence-corrected chi connectivity index (χ0v) is 15.1. The third kappa shape index (κ3) is 3.66. The molecule has 7 nitrogen and oxygen atoms in total. The van der Waals surface area contributed by atoms with Crippen molar-refractivity contribution in [3.05, 3.63) is 54.6 Å². The molecule has 0 spiro atoms. The Labute approximate surface area is 161 Å². The highest BCUT2D eigenvalue weighted by molar-refractivity contribution is 5.88. The second kappa shape index (κ2) is 7.67. The number of hydrogen-bond acceptors (Lipinski definition) is 4. The van der Waals surface area contributed by atoms with Crippen LogP contribution >= 0.6 is 0 Å². The average molecular weight is 381 g/mol. The van der Waals surface area contributed by atoms with Crippen LogP contribution in [0.3, 0.4) is 0 Å². The molecule has 1 amide bonds. The van der Waals surface area contributed by atoms with Crippen LogP contribution in [-0.2, 0) is 0 Å². The Hall–Kier alpha value is -3.42. The number of halogens is 1. The van der Waals surface area contributed by atoms with Crippen molar-refractivity contribution in [3.63, 3.8) is 0 Å². The van der Waals surface area contributed by atoms with Gasteiger partial charge < -0.3 is 15.3 Å². The van der Waals surface area contributed by atoms with Crippen molar-refractivity contribution >= 4 is 11.9 Å². The third-order valence-corrected chi connectivity index (χ3v) is 4.97. The lowest BCUT2D eigenvalue weighted by atomic mass is 10.0. The van der Waals surface area contributed by atoms with E-state index in [1.807, 2.05) is 12.1 Å². The number of aromatic amines is 1. The standard InChI is InChI=1S/C20H20FN5O2/c21-15-3-1-14(2-4-15)18-17(13-5-9-22-10-6-13)19(25-24-18)23-16-7-11-26(12-8-16)20(27)28/h1-6,9-10,16H,7-8,11-12H2,(H,27,28)(H2,23,24,25). The van der Waals surface area contributed by atoms with Crippen molar-refractivity contribution < 1.29 is 14.3 Å². The number of likely N-dealkylation sites (tertiary alicyclic amines) is 1. The second-order valence-corrected chi connectivity index (χ2v) is 6.75. The molecule has 0 unspecified atom stereocenters. The molecule has 1 fully saturated rings. The maximum atomic E-state index is 13.3. The lowest BCUT2D eigenvalue weighted by Gasteiger charge is -2.30. The first kappa shape index (κ1) is 18.0. The molecule has 144 valence electrons. The van der Waals surface area contributed by atoms with Gasteiger partial charge in [-0.05, 0) is 54.8 Å². The molecular weight excluding hydrogens is 361 g/mol. The van der Waals surface area contributed by atoms with E-state index in [0.717, 1.165) is 22.4 Å². The minimum Gasteiger partial charge on any atom is -0.465 e. The summed E-state index contributed by atoms with van der Waals surface area (Å²) in [6.45, 7) is 0.986. The number of nitrogens with one attached hydrogen (secondary N) is 2. The van der Waals surface area contributed by atoms with E-state index in [-0.39, 0.29) is 11.9 Å². The van der Waals surface area contributed by atoms with Crippen LogP contribution in [0.25, 0.3) is 22.4 Å². The first-order chi connectivity index (χ1) is 13.6. The van der Waals surface area contributed by atoms with Crippen LogP contribution in [0.5, 0.6) is 0 Å². The number of nitrogens with zero attached hydrogens (tertiary/aromatic N) is 3. The van der Waals surface area contributed by atoms with E-state index >= 15 is 0 Å². The Bertz CT molecular complexity index is 950. The SMILES string of the molecule is O=C(O)N1CCC(Nc2n[nH]c(-c3ccc(F)cc3)c2-c2ccncc2)CC1. The summed E-state index contributed by atoms with van der Waals surface area (Å²) < 4.78 is 13.3. The van der Waals surface area contributed by atoms with Crippen LogP contribution in [0.1, 0.15) is 12.8 Å². The molecule has 0 atom stereocenters. The second-order valence-electron chi connectivity index (χ2n) is 6.75. The molecule has 0 radical (unpaired) electrons. The molecule has 28 heavy (non-hydrogen) atoms. The van der Waals surface area contributed by atoms with Gasteiger partial charge in [-0.1, -0.05) is 0 Å². The molecule has 1 aliphatic rings. The van der Waals surface area contributed by atoms with E-state index in [0.29, 0.717) is 31.7 Å². The molecule has 0 saturated carbocycles. The lowest BCUT2D eigenvalue weighted by molar-refractivity contribution is 0.134. The van der Waals surface area contributed by atoms with Crippen LogP contribution in [0.15, 0.2) is 48.8 Å². The van der Waals surface area contributed by atoms with Crippen molar-refractivity contribution in [2.75, 3.05) is 18.4 Å². The van der Waals surface area contributed by atoms with Gasteiger partial charge >= 0.3 is 6.09 Å². The Kier molecular flexibility index (Phi) is 4.92. The van der Waals surface area contributed by atoms with Crippen LogP contribution in [-0.4, -0.2) is 50.4 Å². The van der Waals surface area contributed by atoms with Crippen molar-refractivity contribution in [1.82, 2.24) is 20.1 Å². The Morgan fingerprint density at radius 2 is 1.79 bits per heavy atom. The van der Waals surface area contributed by atoms with Gasteiger partial charge in [0.05, 0.1) is 11.3 Å². The molecule has 4 rings (SSSR count). The highest BCUT2D eigenvalue weighted by Gasteiger charge is 2.25. The van der Waals surface area contributed by atoms with Gasteiger partial charge in [0.15, 0.2) is 5.82 Å². The zero-order chi connectivity index (χ0) is 19.5. The molecule has 1 aliphatic heterocycles. The van der Waals surface area contributed by atoms with Gasteiger partial charge in [0.2, 0.25) is 0 Å². The molecule has 0 aliphatic carbocycles. The zero-order valence-electron chi connectivity index (χ0n) is 15.1. The number of carbonyl (C=O) groups is 1. The fourth-order valence-electron chi connectivity index (χ4n) is 3.48. The summed E-state index contributed by atoms with van der Waals surface area (Å²) in [4.78, 5) is 16.6. The van der Waals surface area contributed by atoms with Gasteiger partial charge in [-0.25, -0.2) is 9.18 Å². The van der Waals surface area contributed by atoms with E-state index in [9.17, 15) is 9.18 Å². The van der Waals surface area contributed by atoms with Crippen molar-refractivity contribution in [2.45, 2.75) is 18.9 Å². The maximum Gasteiger partial charge on any atom is 0.407 e. The highest BCUT2D eigenvalue weighted by Crippen LogP contribution is 2.36. The van der Waals surface area contributed by atoms with Crippen molar-refractivity contribution in [1.29, 1.82) is 0 Å². The van der Waals surface area contributed by atoms with Gasteiger partial charge in [0.1, 0.15) is 5.82 Å². The first-order valence-electron chi connectivity index (χ1n) is 9.11. The van der Waals surface area contributed by atoms with Gasteiger partial charge in [-0.3, -0.25) is 10.1 Å². The minimum atomic E-state index is -0.880. The normalized spacial score (nSPS) is 14.8. The summed E-state index contributed by atoms with van der Waals surface area (Å²) in [5.41, 5.74) is 3.44. The fraction of sp³-hybridized carbons (Fsp3) is 0.250. The predicted octanol–water partition coefficient (Wildman–Crippen LogP) is 3.83. The molecular formula is C20H20FN5O2. The average Bonchev–Trinajstić information content (AvgIpc) is 3.13. The molecule has 3 heterocycles. The topological polar surface area (TPSA) is 94.1 Å². The smallest absolute Gasteiger partial charge is 0.407 e. The van der Waals surface area contributed by atoms with Crippen LogP contribution in [0, 0.1) is 5.82 Å². The maximum absolute atomic E-state index is 13.3. The quantitative estimate of drug-likeness (QED) is 0.638. The van der Waals surface area contributed by atoms with E-state index in [1.165, 1.54) is 17.0 Å². The molecule has 1 aromatic carbocycles. The summed E-state index contributed by atoms with van der Waals surface area (Å²) in [6, 6.07) is 10.2. The number of pyridine rings is 1. The number of amides is 1. The van der Waals surface area contributed by atoms with Gasteiger partial charge in [0, 0.05) is 37.1 Å². The van der Waals surface area contributed by atoms with E-state index < -0.39 is 6.09 Å². The monoisotopic (exact) mass is 381 g/mol. The number of H-pyrrole nitrogens is 1. The summed E-state index contributed by atoms with van der Waals surface area (Å²) in [5, 5.41) is 20.1. The van der Waals surface area contributed by atoms with E-state index in [4.69, 9.17) is 5.11 Å². The van der Waals surface area contributed by atoms with Gasteiger partial charge in [-0.15, -0.1) is 0 Å². The van der Waals surface area contributed by atoms with Crippen molar-refractivity contribution in [2.24, 2.45) is 0 Å². The van der Waals surface area contributed by atoms with Crippen LogP contribution < -0.4 is 5.32 Å². The third-order valence-electron chi connectivity index (χ3n) is 4.97. The number of hydrogen-bond donors (Lipinski definition) is 3. The summed E-state index contributed by atoms with van der Waals surface area (Å²) in [7, 11) is 0. The minimum absolute atomic E-state index is 0.126. The molecule has 3 N–H and O–H groups in total. The molecule has 0 bridgehead atoms. The lowest BCUT2D eigenvalue weighted by Crippen LogP contribution is -2.41. The molecule has 8 heteroatoms. The number of piperidine rings is 1. The largest absolute Gasteiger partial charge is 0.465 e. The first-order valence-corrected chi connectivity index (χ1v) is 9.11. The number of carboxylic acid groups (broad SMARTS) is 1. The van der Waals surface area contributed by atoms with Gasteiger partial charge in [0.25, 0.3) is 0 Å². The molecule has 2 aromatic heterocycles. The van der Waals surface area contributed by atoms with Crippen molar-refractivity contribution in [3.8, 4) is 22.4 Å². The number of anilines is 1. The summed E-state index contributed by atoms with van der Waals surface area (Å²) in [6.07, 6.45) is 3.97. The Morgan fingerprint density at radius 1 is 1.11 bits per heavy atom.